The molecular weight excluding hydrogens is 200 g/mol. The van der Waals surface area contributed by atoms with Gasteiger partial charge in [0.25, 0.3) is 0 Å². The SMILES string of the molecule is CCC(CNCc1cnn(C)c1C)N(C)C. The van der Waals surface area contributed by atoms with Crippen molar-refractivity contribution in [1.29, 1.82) is 0 Å². The fourth-order valence-corrected chi connectivity index (χ4v) is 1.78. The zero-order valence-electron chi connectivity index (χ0n) is 11.1. The highest BCUT2D eigenvalue weighted by atomic mass is 15.3. The number of nitrogens with zero attached hydrogens (tertiary/aromatic N) is 3. The Labute approximate surface area is 98.6 Å². The maximum atomic E-state index is 4.24. The molecule has 0 fully saturated rings. The Morgan fingerprint density at radius 1 is 1.50 bits per heavy atom. The highest BCUT2D eigenvalue weighted by Gasteiger charge is 2.08. The van der Waals surface area contributed by atoms with Gasteiger partial charge in [-0.3, -0.25) is 4.68 Å². The average Bonchev–Trinajstić information content (AvgIpc) is 2.55. The average molecular weight is 224 g/mol. The monoisotopic (exact) mass is 224 g/mol. The zero-order valence-corrected chi connectivity index (χ0v) is 11.1. The first-order valence-corrected chi connectivity index (χ1v) is 5.90. The molecule has 0 aromatic carbocycles. The lowest BCUT2D eigenvalue weighted by Crippen LogP contribution is -2.37. The first kappa shape index (κ1) is 13.2. The smallest absolute Gasteiger partial charge is 0.0537 e. The van der Waals surface area contributed by atoms with Crippen LogP contribution in [0.15, 0.2) is 6.20 Å². The van der Waals surface area contributed by atoms with Gasteiger partial charge in [0.1, 0.15) is 0 Å². The molecule has 1 heterocycles. The van der Waals surface area contributed by atoms with Gasteiger partial charge in [0, 0.05) is 37.4 Å². The maximum Gasteiger partial charge on any atom is 0.0537 e. The van der Waals surface area contributed by atoms with Crippen molar-refractivity contribution in [2.24, 2.45) is 7.05 Å². The van der Waals surface area contributed by atoms with E-state index in [1.54, 1.807) is 0 Å². The molecule has 16 heavy (non-hydrogen) atoms. The van der Waals surface area contributed by atoms with Gasteiger partial charge in [-0.2, -0.15) is 5.10 Å². The van der Waals surface area contributed by atoms with E-state index in [0.29, 0.717) is 6.04 Å². The lowest BCUT2D eigenvalue weighted by Gasteiger charge is -2.23. The maximum absolute atomic E-state index is 4.24. The van der Waals surface area contributed by atoms with Crippen LogP contribution in [0.5, 0.6) is 0 Å². The van der Waals surface area contributed by atoms with Crippen LogP contribution in [0.2, 0.25) is 0 Å². The Kier molecular flexibility index (Phi) is 4.96. The van der Waals surface area contributed by atoms with Crippen LogP contribution in [0.25, 0.3) is 0 Å². The van der Waals surface area contributed by atoms with Crippen molar-refractivity contribution in [2.45, 2.75) is 32.9 Å². The molecule has 1 aromatic rings. The molecule has 0 aliphatic rings. The molecule has 0 radical (unpaired) electrons. The molecule has 4 heteroatoms. The first-order chi connectivity index (χ1) is 7.56. The van der Waals surface area contributed by atoms with E-state index in [-0.39, 0.29) is 0 Å². The second-order valence-corrected chi connectivity index (χ2v) is 4.54. The minimum absolute atomic E-state index is 0.608. The summed E-state index contributed by atoms with van der Waals surface area (Å²) < 4.78 is 1.92. The molecule has 1 unspecified atom stereocenters. The summed E-state index contributed by atoms with van der Waals surface area (Å²) in [5, 5.41) is 7.73. The Morgan fingerprint density at radius 3 is 2.62 bits per heavy atom. The molecule has 0 saturated carbocycles. The summed E-state index contributed by atoms with van der Waals surface area (Å²) >= 11 is 0. The Balaban J connectivity index is 2.38. The van der Waals surface area contributed by atoms with E-state index in [1.165, 1.54) is 17.7 Å². The van der Waals surface area contributed by atoms with E-state index in [9.17, 15) is 0 Å². The van der Waals surface area contributed by atoms with Gasteiger partial charge in [-0.25, -0.2) is 0 Å². The minimum atomic E-state index is 0.608. The van der Waals surface area contributed by atoms with Crippen LogP contribution in [0.3, 0.4) is 0 Å². The zero-order chi connectivity index (χ0) is 12.1. The van der Waals surface area contributed by atoms with Crippen molar-refractivity contribution >= 4 is 0 Å². The molecule has 0 saturated heterocycles. The Morgan fingerprint density at radius 2 is 2.19 bits per heavy atom. The van der Waals surface area contributed by atoms with E-state index in [1.807, 2.05) is 17.9 Å². The summed E-state index contributed by atoms with van der Waals surface area (Å²) in [4.78, 5) is 2.27. The number of rotatable bonds is 6. The normalized spacial score (nSPS) is 13.4. The van der Waals surface area contributed by atoms with Gasteiger partial charge in [0.2, 0.25) is 0 Å². The summed E-state index contributed by atoms with van der Waals surface area (Å²) in [6.45, 7) is 6.26. The number of hydrogen-bond acceptors (Lipinski definition) is 3. The molecule has 1 aromatic heterocycles. The van der Waals surface area contributed by atoms with Crippen LogP contribution in [0, 0.1) is 6.92 Å². The van der Waals surface area contributed by atoms with Gasteiger partial charge in [-0.1, -0.05) is 6.92 Å². The van der Waals surface area contributed by atoms with Gasteiger partial charge in [-0.15, -0.1) is 0 Å². The molecule has 0 amide bonds. The number of aryl methyl sites for hydroxylation is 1. The van der Waals surface area contributed by atoms with E-state index in [4.69, 9.17) is 0 Å². The van der Waals surface area contributed by atoms with Crippen molar-refractivity contribution in [2.75, 3.05) is 20.6 Å². The predicted molar refractivity (Wildman–Crippen MR) is 67.4 cm³/mol. The molecule has 92 valence electrons. The number of aromatic nitrogens is 2. The fraction of sp³-hybridized carbons (Fsp3) is 0.750. The molecule has 0 aliphatic carbocycles. The van der Waals surface area contributed by atoms with Crippen LogP contribution >= 0.6 is 0 Å². The van der Waals surface area contributed by atoms with Crippen LogP contribution in [-0.4, -0.2) is 41.4 Å². The topological polar surface area (TPSA) is 33.1 Å². The van der Waals surface area contributed by atoms with Crippen molar-refractivity contribution in [3.05, 3.63) is 17.5 Å². The van der Waals surface area contributed by atoms with Crippen molar-refractivity contribution in [3.8, 4) is 0 Å². The lowest BCUT2D eigenvalue weighted by molar-refractivity contribution is 0.276. The van der Waals surface area contributed by atoms with E-state index >= 15 is 0 Å². The molecule has 1 N–H and O–H groups in total. The quantitative estimate of drug-likeness (QED) is 0.787. The predicted octanol–water partition coefficient (Wildman–Crippen LogP) is 1.16. The molecule has 1 rings (SSSR count). The summed E-state index contributed by atoms with van der Waals surface area (Å²) in [7, 11) is 6.24. The van der Waals surface area contributed by atoms with Crippen LogP contribution < -0.4 is 5.32 Å². The largest absolute Gasteiger partial charge is 0.311 e. The second kappa shape index (κ2) is 6.01. The van der Waals surface area contributed by atoms with Crippen LogP contribution in [0.4, 0.5) is 0 Å². The van der Waals surface area contributed by atoms with Gasteiger partial charge >= 0.3 is 0 Å². The van der Waals surface area contributed by atoms with Crippen molar-refractivity contribution < 1.29 is 0 Å². The molecule has 0 aliphatic heterocycles. The van der Waals surface area contributed by atoms with Crippen LogP contribution in [-0.2, 0) is 13.6 Å². The van der Waals surface area contributed by atoms with Gasteiger partial charge < -0.3 is 10.2 Å². The first-order valence-electron chi connectivity index (χ1n) is 5.90. The summed E-state index contributed by atoms with van der Waals surface area (Å²) in [5.74, 6) is 0. The summed E-state index contributed by atoms with van der Waals surface area (Å²) in [5.41, 5.74) is 2.53. The third-order valence-corrected chi connectivity index (χ3v) is 3.23. The summed E-state index contributed by atoms with van der Waals surface area (Å²) in [6, 6.07) is 0.608. The summed E-state index contributed by atoms with van der Waals surface area (Å²) in [6.07, 6.45) is 3.12. The molecule has 1 atom stereocenters. The van der Waals surface area contributed by atoms with Gasteiger partial charge in [0.15, 0.2) is 0 Å². The third-order valence-electron chi connectivity index (χ3n) is 3.23. The van der Waals surface area contributed by atoms with E-state index < -0.39 is 0 Å². The minimum Gasteiger partial charge on any atom is -0.311 e. The standard InChI is InChI=1S/C12H24N4/c1-6-12(15(3)4)9-13-7-11-8-14-16(5)10(11)2/h8,12-13H,6-7,9H2,1-5H3. The molecule has 0 bridgehead atoms. The Hall–Kier alpha value is -0.870. The molecule has 0 spiro atoms. The third kappa shape index (κ3) is 3.32. The van der Waals surface area contributed by atoms with Gasteiger partial charge in [-0.05, 0) is 27.4 Å². The van der Waals surface area contributed by atoms with Gasteiger partial charge in [0.05, 0.1) is 6.20 Å². The van der Waals surface area contributed by atoms with Crippen molar-refractivity contribution in [3.63, 3.8) is 0 Å². The highest BCUT2D eigenvalue weighted by molar-refractivity contribution is 5.15. The van der Waals surface area contributed by atoms with Crippen molar-refractivity contribution in [1.82, 2.24) is 20.0 Å². The fourth-order valence-electron chi connectivity index (χ4n) is 1.78. The molecular formula is C12H24N4. The van der Waals surface area contributed by atoms with Crippen LogP contribution in [0.1, 0.15) is 24.6 Å². The highest BCUT2D eigenvalue weighted by Crippen LogP contribution is 2.05. The number of nitrogens with one attached hydrogen (secondary N) is 1. The lowest BCUT2D eigenvalue weighted by atomic mass is 10.2. The van der Waals surface area contributed by atoms with E-state index in [0.717, 1.165) is 13.1 Å². The second-order valence-electron chi connectivity index (χ2n) is 4.54. The Bertz CT molecular complexity index is 317. The van der Waals surface area contributed by atoms with E-state index in [2.05, 4.69) is 43.3 Å². The number of hydrogen-bond donors (Lipinski definition) is 1. The molecule has 4 nitrogen and oxygen atoms in total. The number of likely N-dealkylation sites (N-methyl/N-ethyl adjacent to an activating group) is 1.